The summed E-state index contributed by atoms with van der Waals surface area (Å²) in [5.41, 5.74) is -2.18. The zero-order valence-electron chi connectivity index (χ0n) is 11.9. The molecule has 2 nitrogen and oxygen atoms in total. The predicted octanol–water partition coefficient (Wildman–Crippen LogP) is 4.32. The van der Waals surface area contributed by atoms with E-state index in [1.54, 1.807) is 43.3 Å². The molecule has 2 rings (SSSR count). The van der Waals surface area contributed by atoms with Crippen molar-refractivity contribution in [1.29, 1.82) is 5.26 Å². The molecule has 0 amide bonds. The van der Waals surface area contributed by atoms with Gasteiger partial charge < -0.3 is 0 Å². The molecule has 1 N–H and O–H groups in total. The smallest absolute Gasteiger partial charge is 0.281 e. The van der Waals surface area contributed by atoms with Crippen LogP contribution in [0.3, 0.4) is 0 Å². The molecule has 2 aromatic rings. The third-order valence-corrected chi connectivity index (χ3v) is 3.53. The van der Waals surface area contributed by atoms with Gasteiger partial charge in [0, 0.05) is 6.04 Å². The molecule has 0 aliphatic heterocycles. The highest BCUT2D eigenvalue weighted by Crippen LogP contribution is 2.40. The third kappa shape index (κ3) is 2.97. The minimum atomic E-state index is -4.74. The molecule has 0 fully saturated rings. The molecule has 0 heterocycles. The van der Waals surface area contributed by atoms with Gasteiger partial charge in [-0.1, -0.05) is 60.7 Å². The molecular formula is C17H15F3N2. The van der Waals surface area contributed by atoms with Gasteiger partial charge in [0.15, 0.2) is 0 Å². The summed E-state index contributed by atoms with van der Waals surface area (Å²) in [6.45, 7) is 1.61. The Balaban J connectivity index is 2.45. The van der Waals surface area contributed by atoms with E-state index in [2.05, 4.69) is 5.32 Å². The van der Waals surface area contributed by atoms with E-state index >= 15 is 0 Å². The monoisotopic (exact) mass is 304 g/mol. The molecule has 0 spiro atoms. The van der Waals surface area contributed by atoms with E-state index in [9.17, 15) is 18.4 Å². The molecule has 0 aliphatic carbocycles. The number of hydrogen-bond donors (Lipinski definition) is 1. The Bertz CT molecular complexity index is 647. The number of halogens is 3. The van der Waals surface area contributed by atoms with Gasteiger partial charge in [0.2, 0.25) is 5.54 Å². The van der Waals surface area contributed by atoms with Crippen LogP contribution >= 0.6 is 0 Å². The zero-order chi connectivity index (χ0) is 16.2. The molecule has 5 heteroatoms. The first kappa shape index (κ1) is 16.1. The first-order chi connectivity index (χ1) is 10.4. The van der Waals surface area contributed by atoms with Gasteiger partial charge in [-0.15, -0.1) is 0 Å². The van der Waals surface area contributed by atoms with Crippen LogP contribution in [0.2, 0.25) is 0 Å². The van der Waals surface area contributed by atoms with E-state index in [-0.39, 0.29) is 5.56 Å². The quantitative estimate of drug-likeness (QED) is 0.913. The van der Waals surface area contributed by atoms with Crippen molar-refractivity contribution in [2.75, 3.05) is 0 Å². The molecule has 0 unspecified atom stereocenters. The molecular weight excluding hydrogens is 289 g/mol. The van der Waals surface area contributed by atoms with Crippen LogP contribution in [-0.2, 0) is 5.54 Å². The molecule has 0 bridgehead atoms. The lowest BCUT2D eigenvalue weighted by Crippen LogP contribution is -2.53. The van der Waals surface area contributed by atoms with E-state index in [4.69, 9.17) is 0 Å². The summed E-state index contributed by atoms with van der Waals surface area (Å²) in [5.74, 6) is 0. The van der Waals surface area contributed by atoms with E-state index in [0.717, 1.165) is 0 Å². The number of hydrogen-bond acceptors (Lipinski definition) is 2. The lowest BCUT2D eigenvalue weighted by molar-refractivity contribution is -0.184. The SMILES string of the molecule is C[C@H](N[C@](C#N)(c1ccccc1)C(F)(F)F)c1ccccc1. The van der Waals surface area contributed by atoms with Crippen LogP contribution in [0.25, 0.3) is 0 Å². The summed E-state index contributed by atoms with van der Waals surface area (Å²) >= 11 is 0. The van der Waals surface area contributed by atoms with E-state index in [0.29, 0.717) is 5.56 Å². The van der Waals surface area contributed by atoms with Crippen molar-refractivity contribution in [3.63, 3.8) is 0 Å². The van der Waals surface area contributed by atoms with Gasteiger partial charge in [-0.3, -0.25) is 5.32 Å². The van der Waals surface area contributed by atoms with E-state index in [1.165, 1.54) is 30.3 Å². The third-order valence-electron chi connectivity index (χ3n) is 3.53. The van der Waals surface area contributed by atoms with Crippen LogP contribution in [0.15, 0.2) is 60.7 Å². The molecule has 0 radical (unpaired) electrons. The maximum absolute atomic E-state index is 13.7. The van der Waals surface area contributed by atoms with Gasteiger partial charge in [-0.2, -0.15) is 18.4 Å². The predicted molar refractivity (Wildman–Crippen MR) is 77.8 cm³/mol. The van der Waals surface area contributed by atoms with E-state index in [1.807, 2.05) is 0 Å². The first-order valence-corrected chi connectivity index (χ1v) is 6.77. The normalized spacial score (nSPS) is 15.6. The fourth-order valence-corrected chi connectivity index (χ4v) is 2.33. The Labute approximate surface area is 127 Å². The maximum atomic E-state index is 13.7. The minimum absolute atomic E-state index is 0.118. The lowest BCUT2D eigenvalue weighted by atomic mass is 9.89. The Morgan fingerprint density at radius 1 is 0.955 bits per heavy atom. The second-order valence-corrected chi connectivity index (χ2v) is 5.00. The standard InChI is InChI=1S/C17H15F3N2/c1-13(14-8-4-2-5-9-14)22-16(12-21,17(18,19)20)15-10-6-3-7-11-15/h2-11,13,22H,1H3/t13-,16+/m0/s1. The van der Waals surface area contributed by atoms with Crippen LogP contribution in [0, 0.1) is 11.3 Å². The second-order valence-electron chi connectivity index (χ2n) is 5.00. The van der Waals surface area contributed by atoms with Crippen molar-refractivity contribution in [3.8, 4) is 6.07 Å². The summed E-state index contributed by atoms with van der Waals surface area (Å²) in [4.78, 5) is 0. The fourth-order valence-electron chi connectivity index (χ4n) is 2.33. The Morgan fingerprint density at radius 3 is 1.91 bits per heavy atom. The van der Waals surface area contributed by atoms with Crippen molar-refractivity contribution in [3.05, 3.63) is 71.8 Å². The molecule has 114 valence electrons. The van der Waals surface area contributed by atoms with Gasteiger partial charge in [0.05, 0.1) is 6.07 Å². The summed E-state index contributed by atoms with van der Waals surface area (Å²) in [6, 6.07) is 16.7. The van der Waals surface area contributed by atoms with Crippen molar-refractivity contribution >= 4 is 0 Å². The first-order valence-electron chi connectivity index (χ1n) is 6.77. The van der Waals surface area contributed by atoms with Crippen LogP contribution in [0.4, 0.5) is 13.2 Å². The topological polar surface area (TPSA) is 35.8 Å². The molecule has 2 aromatic carbocycles. The summed E-state index contributed by atoms with van der Waals surface area (Å²) in [7, 11) is 0. The highest BCUT2D eigenvalue weighted by atomic mass is 19.4. The number of nitrogens with one attached hydrogen (secondary N) is 1. The number of benzene rings is 2. The van der Waals surface area contributed by atoms with Crippen molar-refractivity contribution in [2.45, 2.75) is 24.7 Å². The lowest BCUT2D eigenvalue weighted by Gasteiger charge is -2.33. The Hall–Kier alpha value is -2.32. The number of alkyl halides is 3. The second kappa shape index (κ2) is 6.20. The molecule has 0 saturated carbocycles. The van der Waals surface area contributed by atoms with Crippen molar-refractivity contribution < 1.29 is 13.2 Å². The molecule has 2 atom stereocenters. The molecule has 0 aliphatic rings. The van der Waals surface area contributed by atoms with Crippen LogP contribution in [-0.4, -0.2) is 6.18 Å². The van der Waals surface area contributed by atoms with Gasteiger partial charge in [0.1, 0.15) is 0 Å². The highest BCUT2D eigenvalue weighted by molar-refractivity contribution is 5.35. The number of rotatable bonds is 4. The van der Waals surface area contributed by atoms with Gasteiger partial charge in [-0.25, -0.2) is 0 Å². The number of nitrogens with zero attached hydrogens (tertiary/aromatic N) is 1. The average Bonchev–Trinajstić information content (AvgIpc) is 2.53. The molecule has 22 heavy (non-hydrogen) atoms. The summed E-state index contributed by atoms with van der Waals surface area (Å²) < 4.78 is 41.0. The zero-order valence-corrected chi connectivity index (χ0v) is 11.9. The highest BCUT2D eigenvalue weighted by Gasteiger charge is 2.57. The Morgan fingerprint density at radius 2 is 1.45 bits per heavy atom. The van der Waals surface area contributed by atoms with E-state index < -0.39 is 17.8 Å². The van der Waals surface area contributed by atoms with Gasteiger partial charge in [0.25, 0.3) is 0 Å². The van der Waals surface area contributed by atoms with Crippen LogP contribution < -0.4 is 5.32 Å². The number of nitriles is 1. The molecule has 0 aromatic heterocycles. The fraction of sp³-hybridized carbons (Fsp3) is 0.235. The van der Waals surface area contributed by atoms with Crippen molar-refractivity contribution in [2.24, 2.45) is 0 Å². The largest absolute Gasteiger partial charge is 0.424 e. The van der Waals surface area contributed by atoms with Crippen LogP contribution in [0.5, 0.6) is 0 Å². The Kier molecular flexibility index (Phi) is 4.53. The minimum Gasteiger partial charge on any atom is -0.281 e. The van der Waals surface area contributed by atoms with Crippen LogP contribution in [0.1, 0.15) is 24.1 Å². The molecule has 0 saturated heterocycles. The van der Waals surface area contributed by atoms with Crippen molar-refractivity contribution in [1.82, 2.24) is 5.32 Å². The summed E-state index contributed by atoms with van der Waals surface area (Å²) in [5, 5.41) is 11.8. The maximum Gasteiger partial charge on any atom is 0.424 e. The summed E-state index contributed by atoms with van der Waals surface area (Å²) in [6.07, 6.45) is -4.74. The van der Waals surface area contributed by atoms with Gasteiger partial charge in [-0.05, 0) is 18.1 Å². The average molecular weight is 304 g/mol. The van der Waals surface area contributed by atoms with Gasteiger partial charge >= 0.3 is 6.18 Å².